The Morgan fingerprint density at radius 3 is 2.85 bits per heavy atom. The second-order valence-corrected chi connectivity index (χ2v) is 5.40. The molecule has 1 aromatic carbocycles. The van der Waals surface area contributed by atoms with Crippen LogP contribution in [0.5, 0.6) is 5.75 Å². The number of aryl methyl sites for hydroxylation is 1. The summed E-state index contributed by atoms with van der Waals surface area (Å²) in [5.41, 5.74) is 1.37. The van der Waals surface area contributed by atoms with Crippen LogP contribution in [0.15, 0.2) is 36.5 Å². The Morgan fingerprint density at radius 1 is 1.40 bits per heavy atom. The molecule has 3 rings (SSSR count). The van der Waals surface area contributed by atoms with E-state index in [0.29, 0.717) is 17.3 Å². The van der Waals surface area contributed by atoms with Crippen LogP contribution in [0.2, 0.25) is 5.02 Å². The van der Waals surface area contributed by atoms with E-state index in [2.05, 4.69) is 0 Å². The number of ether oxygens (including phenoxy) is 1. The van der Waals surface area contributed by atoms with Crippen molar-refractivity contribution in [2.75, 3.05) is 11.4 Å². The molecule has 0 unspecified atom stereocenters. The third kappa shape index (κ3) is 2.16. The lowest BCUT2D eigenvalue weighted by atomic mass is 10.2. The van der Waals surface area contributed by atoms with Gasteiger partial charge in [0, 0.05) is 13.2 Å². The summed E-state index contributed by atoms with van der Waals surface area (Å²) in [6, 6.07) is 9.26. The van der Waals surface area contributed by atoms with E-state index in [0.717, 1.165) is 11.4 Å². The van der Waals surface area contributed by atoms with Gasteiger partial charge in [0.1, 0.15) is 17.5 Å². The molecule has 1 aliphatic rings. The molecule has 0 spiro atoms. The highest BCUT2D eigenvalue weighted by atomic mass is 35.5. The molecule has 2 heterocycles. The highest BCUT2D eigenvalue weighted by molar-refractivity contribution is 6.31. The molecule has 5 heteroatoms. The number of nitrogens with zero attached hydrogens (tertiary/aromatic N) is 2. The maximum absolute atomic E-state index is 12.7. The van der Waals surface area contributed by atoms with Gasteiger partial charge in [0.25, 0.3) is 5.91 Å². The lowest BCUT2D eigenvalue weighted by Gasteiger charge is -2.33. The Kier molecular flexibility index (Phi) is 3.18. The molecule has 0 bridgehead atoms. The standard InChI is InChI=1S/C15H15ClN2O2/c1-10-8-18(12-5-3-4-6-14(12)20-10)15(19)13-7-11(16)9-17(13)2/h3-7,9-10H,8H2,1-2H3/t10-/m1/s1. The van der Waals surface area contributed by atoms with Crippen molar-refractivity contribution >= 4 is 23.2 Å². The molecule has 0 fully saturated rings. The number of aromatic nitrogens is 1. The summed E-state index contributed by atoms with van der Waals surface area (Å²) in [6.45, 7) is 2.48. The summed E-state index contributed by atoms with van der Waals surface area (Å²) in [5, 5.41) is 0.561. The molecule has 0 saturated carbocycles. The molecular formula is C15H15ClN2O2. The molecule has 0 N–H and O–H groups in total. The van der Waals surface area contributed by atoms with E-state index in [-0.39, 0.29) is 12.0 Å². The van der Waals surface area contributed by atoms with Gasteiger partial charge in [-0.15, -0.1) is 0 Å². The van der Waals surface area contributed by atoms with E-state index in [1.54, 1.807) is 21.7 Å². The second kappa shape index (κ2) is 4.87. The maximum atomic E-state index is 12.7. The van der Waals surface area contributed by atoms with Gasteiger partial charge >= 0.3 is 0 Å². The predicted molar refractivity (Wildman–Crippen MR) is 78.6 cm³/mol. The number of benzene rings is 1. The van der Waals surface area contributed by atoms with Crippen LogP contribution >= 0.6 is 11.6 Å². The van der Waals surface area contributed by atoms with Crippen molar-refractivity contribution in [3.8, 4) is 5.75 Å². The minimum absolute atomic E-state index is 0.0374. The predicted octanol–water partition coefficient (Wildman–Crippen LogP) is 3.11. The fourth-order valence-electron chi connectivity index (χ4n) is 2.46. The second-order valence-electron chi connectivity index (χ2n) is 4.97. The van der Waals surface area contributed by atoms with Gasteiger partial charge in [0.05, 0.1) is 17.3 Å². The zero-order chi connectivity index (χ0) is 14.3. The van der Waals surface area contributed by atoms with Crippen LogP contribution in [0.25, 0.3) is 0 Å². The first-order valence-electron chi connectivity index (χ1n) is 6.45. The first-order valence-corrected chi connectivity index (χ1v) is 6.83. The summed E-state index contributed by atoms with van der Waals surface area (Å²) in [5.74, 6) is 0.668. The monoisotopic (exact) mass is 290 g/mol. The highest BCUT2D eigenvalue weighted by Crippen LogP contribution is 2.34. The number of anilines is 1. The molecule has 1 atom stereocenters. The largest absolute Gasteiger partial charge is 0.487 e. The molecule has 0 radical (unpaired) electrons. The number of amides is 1. The Balaban J connectivity index is 2.02. The fourth-order valence-corrected chi connectivity index (χ4v) is 2.71. The molecule has 1 aliphatic heterocycles. The minimum atomic E-state index is -0.0676. The Bertz CT molecular complexity index is 666. The highest BCUT2D eigenvalue weighted by Gasteiger charge is 2.29. The number of hydrogen-bond donors (Lipinski definition) is 0. The maximum Gasteiger partial charge on any atom is 0.275 e. The van der Waals surface area contributed by atoms with Crippen molar-refractivity contribution in [3.05, 3.63) is 47.2 Å². The van der Waals surface area contributed by atoms with E-state index < -0.39 is 0 Å². The Hall–Kier alpha value is -1.94. The van der Waals surface area contributed by atoms with E-state index >= 15 is 0 Å². The summed E-state index contributed by atoms with van der Waals surface area (Å²) in [6.07, 6.45) is 1.69. The fraction of sp³-hybridized carbons (Fsp3) is 0.267. The van der Waals surface area contributed by atoms with Gasteiger partial charge in [-0.1, -0.05) is 23.7 Å². The van der Waals surface area contributed by atoms with Crippen molar-refractivity contribution in [2.24, 2.45) is 7.05 Å². The molecule has 20 heavy (non-hydrogen) atoms. The van der Waals surface area contributed by atoms with Crippen molar-refractivity contribution in [3.63, 3.8) is 0 Å². The Morgan fingerprint density at radius 2 is 2.15 bits per heavy atom. The smallest absolute Gasteiger partial charge is 0.275 e. The van der Waals surface area contributed by atoms with E-state index in [9.17, 15) is 4.79 Å². The van der Waals surface area contributed by atoms with Crippen molar-refractivity contribution in [1.29, 1.82) is 0 Å². The molecule has 0 saturated heterocycles. The third-order valence-electron chi connectivity index (χ3n) is 3.36. The SMILES string of the molecule is C[C@@H]1CN(C(=O)c2cc(Cl)cn2C)c2ccccc2O1. The summed E-state index contributed by atoms with van der Waals surface area (Å²) >= 11 is 5.96. The van der Waals surface area contributed by atoms with Crippen LogP contribution in [0.3, 0.4) is 0 Å². The van der Waals surface area contributed by atoms with Gasteiger partial charge in [-0.3, -0.25) is 9.69 Å². The zero-order valence-electron chi connectivity index (χ0n) is 11.3. The topological polar surface area (TPSA) is 34.5 Å². The van der Waals surface area contributed by atoms with E-state index in [4.69, 9.17) is 16.3 Å². The Labute approximate surface area is 122 Å². The quantitative estimate of drug-likeness (QED) is 0.809. The average molecular weight is 291 g/mol. The van der Waals surface area contributed by atoms with Crippen molar-refractivity contribution in [1.82, 2.24) is 4.57 Å². The van der Waals surface area contributed by atoms with Crippen LogP contribution in [0.4, 0.5) is 5.69 Å². The number of para-hydroxylation sites is 2. The number of carbonyl (C=O) groups excluding carboxylic acids is 1. The molecule has 1 aromatic heterocycles. The molecular weight excluding hydrogens is 276 g/mol. The number of hydrogen-bond acceptors (Lipinski definition) is 2. The lowest BCUT2D eigenvalue weighted by molar-refractivity contribution is 0.0953. The van der Waals surface area contributed by atoms with Gasteiger partial charge in [-0.25, -0.2) is 0 Å². The lowest BCUT2D eigenvalue weighted by Crippen LogP contribution is -2.42. The van der Waals surface area contributed by atoms with Crippen LogP contribution in [-0.2, 0) is 7.05 Å². The van der Waals surface area contributed by atoms with Gasteiger partial charge in [0.2, 0.25) is 0 Å². The van der Waals surface area contributed by atoms with Crippen molar-refractivity contribution < 1.29 is 9.53 Å². The van der Waals surface area contributed by atoms with E-state index in [1.165, 1.54) is 0 Å². The van der Waals surface area contributed by atoms with Crippen LogP contribution in [0.1, 0.15) is 17.4 Å². The van der Waals surface area contributed by atoms with E-state index in [1.807, 2.05) is 38.2 Å². The number of fused-ring (bicyclic) bond motifs is 1. The number of carbonyl (C=O) groups is 1. The summed E-state index contributed by atoms with van der Waals surface area (Å²) in [4.78, 5) is 14.5. The molecule has 104 valence electrons. The van der Waals surface area contributed by atoms with Crippen LogP contribution in [-0.4, -0.2) is 23.1 Å². The molecule has 0 aliphatic carbocycles. The zero-order valence-corrected chi connectivity index (χ0v) is 12.1. The van der Waals surface area contributed by atoms with Gasteiger partial charge in [0.15, 0.2) is 0 Å². The summed E-state index contributed by atoms with van der Waals surface area (Å²) < 4.78 is 7.50. The third-order valence-corrected chi connectivity index (χ3v) is 3.57. The van der Waals surface area contributed by atoms with Gasteiger partial charge < -0.3 is 9.30 Å². The molecule has 2 aromatic rings. The minimum Gasteiger partial charge on any atom is -0.487 e. The number of halogens is 1. The average Bonchev–Trinajstić information content (AvgIpc) is 2.76. The summed E-state index contributed by atoms with van der Waals surface area (Å²) in [7, 11) is 1.81. The molecule has 1 amide bonds. The first-order chi connectivity index (χ1) is 9.56. The van der Waals surface area contributed by atoms with Gasteiger partial charge in [-0.05, 0) is 25.1 Å². The normalized spacial score (nSPS) is 17.6. The van der Waals surface area contributed by atoms with Crippen molar-refractivity contribution in [2.45, 2.75) is 13.0 Å². The van der Waals surface area contributed by atoms with Gasteiger partial charge in [-0.2, -0.15) is 0 Å². The number of rotatable bonds is 1. The van der Waals surface area contributed by atoms with Crippen LogP contribution < -0.4 is 9.64 Å². The first kappa shape index (κ1) is 13.1. The van der Waals surface area contributed by atoms with Crippen LogP contribution in [0, 0.1) is 0 Å². The molecule has 4 nitrogen and oxygen atoms in total.